The summed E-state index contributed by atoms with van der Waals surface area (Å²) < 4.78 is 5.07. The molecule has 1 saturated heterocycles. The Hall–Kier alpha value is -1.40. The Labute approximate surface area is 103 Å². The van der Waals surface area contributed by atoms with Crippen LogP contribution in [0.1, 0.15) is 14.5 Å². The predicted octanol–water partition coefficient (Wildman–Crippen LogP) is 0.982. The maximum absolute atomic E-state index is 12.1. The summed E-state index contributed by atoms with van der Waals surface area (Å²) in [6, 6.07) is 3.65. The fourth-order valence-corrected chi connectivity index (χ4v) is 2.52. The molecule has 1 atom stereocenters. The Morgan fingerprint density at radius 2 is 2.29 bits per heavy atom. The van der Waals surface area contributed by atoms with Crippen molar-refractivity contribution < 1.29 is 19.4 Å². The van der Waals surface area contributed by atoms with Gasteiger partial charge in [-0.25, -0.2) is 4.79 Å². The lowest BCUT2D eigenvalue weighted by molar-refractivity contribution is -0.154. The highest BCUT2D eigenvalue weighted by atomic mass is 32.1. The second-order valence-corrected chi connectivity index (χ2v) is 5.15. The lowest BCUT2D eigenvalue weighted by Gasteiger charge is -2.30. The van der Waals surface area contributed by atoms with E-state index in [0.29, 0.717) is 11.4 Å². The van der Waals surface area contributed by atoms with Gasteiger partial charge in [0, 0.05) is 11.4 Å². The van der Waals surface area contributed by atoms with E-state index >= 15 is 0 Å². The van der Waals surface area contributed by atoms with Crippen molar-refractivity contribution in [3.8, 4) is 0 Å². The summed E-state index contributed by atoms with van der Waals surface area (Å²) >= 11 is 1.42. The highest BCUT2D eigenvalue weighted by Gasteiger charge is 2.29. The number of aryl methyl sites for hydroxylation is 1. The minimum absolute atomic E-state index is 0.113. The first-order valence-corrected chi connectivity index (χ1v) is 6.09. The van der Waals surface area contributed by atoms with Gasteiger partial charge in [-0.1, -0.05) is 0 Å². The number of rotatable bonds is 2. The van der Waals surface area contributed by atoms with Crippen LogP contribution in [0.4, 0.5) is 0 Å². The first-order valence-electron chi connectivity index (χ1n) is 5.28. The molecule has 1 aromatic heterocycles. The Morgan fingerprint density at radius 1 is 1.53 bits per heavy atom. The van der Waals surface area contributed by atoms with E-state index in [0.717, 1.165) is 4.88 Å². The highest BCUT2D eigenvalue weighted by Crippen LogP contribution is 2.18. The van der Waals surface area contributed by atoms with Crippen molar-refractivity contribution in [2.24, 2.45) is 0 Å². The molecule has 92 valence electrons. The van der Waals surface area contributed by atoms with E-state index in [1.54, 1.807) is 6.07 Å². The second-order valence-electron chi connectivity index (χ2n) is 3.86. The van der Waals surface area contributed by atoms with E-state index in [9.17, 15) is 9.59 Å². The molecule has 17 heavy (non-hydrogen) atoms. The molecular formula is C11H13NO4S. The molecule has 1 unspecified atom stereocenters. The summed E-state index contributed by atoms with van der Waals surface area (Å²) in [6.07, 6.45) is -0.909. The summed E-state index contributed by atoms with van der Waals surface area (Å²) in [5, 5.41) is 8.85. The number of nitrogens with zero attached hydrogens (tertiary/aromatic N) is 1. The van der Waals surface area contributed by atoms with Gasteiger partial charge in [-0.15, -0.1) is 11.3 Å². The number of aliphatic carboxylic acids is 1. The number of carbonyl (C=O) groups excluding carboxylic acids is 1. The first-order chi connectivity index (χ1) is 8.08. The van der Waals surface area contributed by atoms with Gasteiger partial charge in [-0.3, -0.25) is 4.79 Å². The van der Waals surface area contributed by atoms with E-state index < -0.39 is 12.1 Å². The van der Waals surface area contributed by atoms with Gasteiger partial charge in [0.05, 0.1) is 18.0 Å². The number of hydrogen-bond acceptors (Lipinski definition) is 4. The van der Waals surface area contributed by atoms with Crippen molar-refractivity contribution in [3.05, 3.63) is 21.9 Å². The number of hydrogen-bond donors (Lipinski definition) is 1. The fourth-order valence-electron chi connectivity index (χ4n) is 1.69. The quantitative estimate of drug-likeness (QED) is 0.855. The van der Waals surface area contributed by atoms with Gasteiger partial charge in [0.15, 0.2) is 6.10 Å². The molecule has 1 amide bonds. The second kappa shape index (κ2) is 4.85. The largest absolute Gasteiger partial charge is 0.479 e. The average Bonchev–Trinajstić information content (AvgIpc) is 2.75. The molecule has 0 aliphatic carbocycles. The minimum Gasteiger partial charge on any atom is -0.479 e. The zero-order valence-corrected chi connectivity index (χ0v) is 10.2. The van der Waals surface area contributed by atoms with Crippen LogP contribution in [0.25, 0.3) is 0 Å². The number of carboxylic acids is 1. The number of amides is 1. The molecular weight excluding hydrogens is 242 g/mol. The van der Waals surface area contributed by atoms with Gasteiger partial charge in [0.25, 0.3) is 5.91 Å². The molecule has 0 saturated carbocycles. The normalized spacial score (nSPS) is 20.3. The Balaban J connectivity index is 2.07. The number of carbonyl (C=O) groups is 2. The highest BCUT2D eigenvalue weighted by molar-refractivity contribution is 7.13. The van der Waals surface area contributed by atoms with Crippen molar-refractivity contribution in [1.29, 1.82) is 0 Å². The summed E-state index contributed by atoms with van der Waals surface area (Å²) in [5.41, 5.74) is 0. The summed E-state index contributed by atoms with van der Waals surface area (Å²) in [4.78, 5) is 26.1. The third-order valence-corrected chi connectivity index (χ3v) is 3.57. The summed E-state index contributed by atoms with van der Waals surface area (Å²) in [5.74, 6) is -1.14. The number of morpholine rings is 1. The molecule has 2 heterocycles. The molecule has 1 fully saturated rings. The van der Waals surface area contributed by atoms with Gasteiger partial charge in [-0.2, -0.15) is 0 Å². The third kappa shape index (κ3) is 2.65. The molecule has 1 aliphatic heterocycles. The van der Waals surface area contributed by atoms with Crippen molar-refractivity contribution in [3.63, 3.8) is 0 Å². The van der Waals surface area contributed by atoms with Gasteiger partial charge < -0.3 is 14.7 Å². The van der Waals surface area contributed by atoms with E-state index in [-0.39, 0.29) is 19.1 Å². The minimum atomic E-state index is -1.02. The molecule has 6 heteroatoms. The SMILES string of the molecule is Cc1ccc(C(=O)N2CCOC(C(=O)O)C2)s1. The van der Waals surface area contributed by atoms with Crippen LogP contribution in [0.2, 0.25) is 0 Å². The average molecular weight is 255 g/mol. The molecule has 0 spiro atoms. The third-order valence-electron chi connectivity index (χ3n) is 2.58. The monoisotopic (exact) mass is 255 g/mol. The number of carboxylic acid groups (broad SMARTS) is 1. The molecule has 1 aromatic rings. The number of ether oxygens (including phenoxy) is 1. The fraction of sp³-hybridized carbons (Fsp3) is 0.455. The Bertz CT molecular complexity index is 442. The number of thiophene rings is 1. The maximum atomic E-state index is 12.1. The first kappa shape index (κ1) is 12.1. The van der Waals surface area contributed by atoms with Crippen LogP contribution in [0.3, 0.4) is 0 Å². The molecule has 5 nitrogen and oxygen atoms in total. The summed E-state index contributed by atoms with van der Waals surface area (Å²) in [7, 11) is 0. The van der Waals surface area contributed by atoms with E-state index in [1.165, 1.54) is 16.2 Å². The molecule has 0 aromatic carbocycles. The van der Waals surface area contributed by atoms with E-state index in [1.807, 2.05) is 13.0 Å². The van der Waals surface area contributed by atoms with Crippen LogP contribution in [0.5, 0.6) is 0 Å². The summed E-state index contributed by atoms with van der Waals surface area (Å²) in [6.45, 7) is 2.76. The topological polar surface area (TPSA) is 66.8 Å². The van der Waals surface area contributed by atoms with Crippen molar-refractivity contribution in [2.75, 3.05) is 19.7 Å². The maximum Gasteiger partial charge on any atom is 0.334 e. The zero-order chi connectivity index (χ0) is 12.4. The van der Waals surface area contributed by atoms with Crippen LogP contribution in [0.15, 0.2) is 12.1 Å². The van der Waals surface area contributed by atoms with Crippen LogP contribution in [-0.4, -0.2) is 47.7 Å². The van der Waals surface area contributed by atoms with Crippen LogP contribution in [-0.2, 0) is 9.53 Å². The zero-order valence-electron chi connectivity index (χ0n) is 9.38. The van der Waals surface area contributed by atoms with Gasteiger partial charge in [-0.05, 0) is 19.1 Å². The van der Waals surface area contributed by atoms with Crippen LogP contribution in [0, 0.1) is 6.92 Å². The Morgan fingerprint density at radius 3 is 2.88 bits per heavy atom. The van der Waals surface area contributed by atoms with Gasteiger partial charge >= 0.3 is 5.97 Å². The molecule has 0 radical (unpaired) electrons. The molecule has 0 bridgehead atoms. The van der Waals surface area contributed by atoms with E-state index in [4.69, 9.17) is 9.84 Å². The molecule has 1 aliphatic rings. The van der Waals surface area contributed by atoms with Crippen molar-refractivity contribution in [1.82, 2.24) is 4.90 Å². The van der Waals surface area contributed by atoms with E-state index in [2.05, 4.69) is 0 Å². The van der Waals surface area contributed by atoms with Crippen LogP contribution >= 0.6 is 11.3 Å². The predicted molar refractivity (Wildman–Crippen MR) is 62.3 cm³/mol. The lowest BCUT2D eigenvalue weighted by atomic mass is 10.2. The van der Waals surface area contributed by atoms with Crippen molar-refractivity contribution >= 4 is 23.2 Å². The van der Waals surface area contributed by atoms with Gasteiger partial charge in [0.2, 0.25) is 0 Å². The lowest BCUT2D eigenvalue weighted by Crippen LogP contribution is -2.48. The molecule has 1 N–H and O–H groups in total. The standard InChI is InChI=1S/C11H13NO4S/c1-7-2-3-9(17-7)10(13)12-4-5-16-8(6-12)11(14)15/h2-3,8H,4-6H2,1H3,(H,14,15). The Kier molecular flexibility index (Phi) is 3.44. The van der Waals surface area contributed by atoms with Crippen LogP contribution < -0.4 is 0 Å². The smallest absolute Gasteiger partial charge is 0.334 e. The van der Waals surface area contributed by atoms with Crippen molar-refractivity contribution in [2.45, 2.75) is 13.0 Å². The van der Waals surface area contributed by atoms with Gasteiger partial charge in [0.1, 0.15) is 0 Å². The molecule has 2 rings (SSSR count).